The molecule has 7 heteroatoms. The molecule has 3 aromatic rings. The van der Waals surface area contributed by atoms with E-state index >= 15 is 0 Å². The molecule has 0 fully saturated rings. The third kappa shape index (κ3) is 4.24. The monoisotopic (exact) mass is 437 g/mol. The summed E-state index contributed by atoms with van der Waals surface area (Å²) in [6.45, 7) is 2.38. The lowest BCUT2D eigenvalue weighted by molar-refractivity contribution is 0.0952. The first kappa shape index (κ1) is 19.6. The van der Waals surface area contributed by atoms with Crippen molar-refractivity contribution in [2.24, 2.45) is 0 Å². The van der Waals surface area contributed by atoms with Crippen molar-refractivity contribution in [2.75, 3.05) is 12.3 Å². The van der Waals surface area contributed by atoms with Crippen LogP contribution in [0.2, 0.25) is 0 Å². The number of nitriles is 1. The van der Waals surface area contributed by atoms with E-state index in [0.29, 0.717) is 42.0 Å². The van der Waals surface area contributed by atoms with Gasteiger partial charge in [-0.05, 0) is 55.7 Å². The van der Waals surface area contributed by atoms with Crippen LogP contribution in [-0.2, 0) is 6.42 Å². The summed E-state index contributed by atoms with van der Waals surface area (Å²) < 4.78 is 2.52. The number of aromatic nitrogens is 2. The van der Waals surface area contributed by atoms with Gasteiger partial charge in [-0.2, -0.15) is 10.4 Å². The Morgan fingerprint density at radius 3 is 2.71 bits per heavy atom. The number of nitrogens with zero attached hydrogens (tertiary/aromatic N) is 3. The Bertz CT molecular complexity index is 1040. The van der Waals surface area contributed by atoms with Gasteiger partial charge in [-0.15, -0.1) is 0 Å². The summed E-state index contributed by atoms with van der Waals surface area (Å²) in [7, 11) is 0. The normalized spacial score (nSPS) is 10.5. The molecule has 1 heterocycles. The molecule has 0 aliphatic heterocycles. The third-order valence-electron chi connectivity index (χ3n) is 4.42. The predicted octanol–water partition coefficient (Wildman–Crippen LogP) is 3.76. The molecule has 28 heavy (non-hydrogen) atoms. The van der Waals surface area contributed by atoms with Crippen molar-refractivity contribution in [3.8, 4) is 11.8 Å². The van der Waals surface area contributed by atoms with Crippen LogP contribution in [0.1, 0.15) is 33.6 Å². The van der Waals surface area contributed by atoms with E-state index in [-0.39, 0.29) is 5.91 Å². The highest BCUT2D eigenvalue weighted by atomic mass is 79.9. The van der Waals surface area contributed by atoms with Crippen molar-refractivity contribution in [2.45, 2.75) is 19.8 Å². The summed E-state index contributed by atoms with van der Waals surface area (Å²) in [5, 5.41) is 16.9. The zero-order chi connectivity index (χ0) is 20.1. The molecule has 0 aliphatic rings. The molecule has 0 bridgehead atoms. The molecule has 0 saturated heterocycles. The molecule has 0 atom stereocenters. The number of nitrogens with two attached hydrogens (primary N) is 1. The van der Waals surface area contributed by atoms with Gasteiger partial charge >= 0.3 is 0 Å². The lowest BCUT2D eigenvalue weighted by atomic mass is 10.1. The third-order valence-corrected chi connectivity index (χ3v) is 4.91. The van der Waals surface area contributed by atoms with Gasteiger partial charge in [-0.3, -0.25) is 4.79 Å². The number of carbonyl (C=O) groups is 1. The van der Waals surface area contributed by atoms with Gasteiger partial charge in [0.25, 0.3) is 5.91 Å². The van der Waals surface area contributed by atoms with E-state index < -0.39 is 0 Å². The van der Waals surface area contributed by atoms with E-state index in [2.05, 4.69) is 32.4 Å². The summed E-state index contributed by atoms with van der Waals surface area (Å²) in [5.74, 6) is 0.220. The fraction of sp³-hybridized carbons (Fsp3) is 0.190. The van der Waals surface area contributed by atoms with Gasteiger partial charge in [0.2, 0.25) is 0 Å². The molecule has 6 nitrogen and oxygen atoms in total. The van der Waals surface area contributed by atoms with E-state index in [0.717, 1.165) is 15.7 Å². The standard InChI is InChI=1S/C21H20BrN5O/c1-14-12-15(22)9-10-17(14)21(28)25-11-5-8-19-18(13-23)20(24)27(26-19)16-6-3-2-4-7-16/h2-4,6-7,9-10,12H,5,8,11,24H2,1H3,(H,25,28). The summed E-state index contributed by atoms with van der Waals surface area (Å²) in [6.07, 6.45) is 1.20. The van der Waals surface area contributed by atoms with Crippen LogP contribution < -0.4 is 11.1 Å². The Morgan fingerprint density at radius 2 is 2.04 bits per heavy atom. The minimum absolute atomic E-state index is 0.111. The second kappa shape index (κ2) is 8.72. The molecule has 3 rings (SSSR count). The van der Waals surface area contributed by atoms with Gasteiger partial charge < -0.3 is 11.1 Å². The van der Waals surface area contributed by atoms with Gasteiger partial charge in [0.15, 0.2) is 0 Å². The number of amides is 1. The van der Waals surface area contributed by atoms with E-state index in [1.54, 1.807) is 10.7 Å². The number of nitrogens with one attached hydrogen (secondary N) is 1. The van der Waals surface area contributed by atoms with E-state index in [1.165, 1.54) is 0 Å². The average Bonchev–Trinajstić information content (AvgIpc) is 3.01. The highest BCUT2D eigenvalue weighted by Crippen LogP contribution is 2.21. The Balaban J connectivity index is 1.64. The van der Waals surface area contributed by atoms with Crippen molar-refractivity contribution in [1.82, 2.24) is 15.1 Å². The summed E-state index contributed by atoms with van der Waals surface area (Å²) in [5.41, 5.74) is 9.50. The highest BCUT2D eigenvalue weighted by molar-refractivity contribution is 9.10. The quantitative estimate of drug-likeness (QED) is 0.573. The second-order valence-corrected chi connectivity index (χ2v) is 7.30. The maximum absolute atomic E-state index is 12.3. The van der Waals surface area contributed by atoms with E-state index in [4.69, 9.17) is 5.73 Å². The number of carbonyl (C=O) groups excluding carboxylic acids is 1. The van der Waals surface area contributed by atoms with Crippen molar-refractivity contribution in [3.05, 3.63) is 75.4 Å². The number of hydrogen-bond donors (Lipinski definition) is 2. The molecule has 0 unspecified atom stereocenters. The zero-order valence-corrected chi connectivity index (χ0v) is 17.0. The SMILES string of the molecule is Cc1cc(Br)ccc1C(=O)NCCCc1nn(-c2ccccc2)c(N)c1C#N. The number of para-hydroxylation sites is 1. The molecule has 3 N–H and O–H groups in total. The first-order valence-corrected chi connectivity index (χ1v) is 9.68. The van der Waals surface area contributed by atoms with Crippen molar-refractivity contribution < 1.29 is 4.79 Å². The zero-order valence-electron chi connectivity index (χ0n) is 15.4. The maximum atomic E-state index is 12.3. The second-order valence-electron chi connectivity index (χ2n) is 6.38. The molecule has 0 spiro atoms. The van der Waals surface area contributed by atoms with E-state index in [9.17, 15) is 10.1 Å². The smallest absolute Gasteiger partial charge is 0.251 e. The maximum Gasteiger partial charge on any atom is 0.251 e. The Hall–Kier alpha value is -3.11. The van der Waals surface area contributed by atoms with Crippen LogP contribution in [0.15, 0.2) is 53.0 Å². The van der Waals surface area contributed by atoms with Crippen LogP contribution in [0.25, 0.3) is 5.69 Å². The van der Waals surface area contributed by atoms with Crippen molar-refractivity contribution in [3.63, 3.8) is 0 Å². The average molecular weight is 438 g/mol. The fourth-order valence-corrected chi connectivity index (χ4v) is 3.45. The first-order chi connectivity index (χ1) is 13.5. The molecular weight excluding hydrogens is 418 g/mol. The first-order valence-electron chi connectivity index (χ1n) is 8.88. The molecular formula is C21H20BrN5O. The van der Waals surface area contributed by atoms with Crippen LogP contribution in [0.3, 0.4) is 0 Å². The van der Waals surface area contributed by atoms with Crippen LogP contribution in [0, 0.1) is 18.3 Å². The van der Waals surface area contributed by atoms with Crippen molar-refractivity contribution in [1.29, 1.82) is 5.26 Å². The van der Waals surface area contributed by atoms with Crippen LogP contribution in [0.4, 0.5) is 5.82 Å². The van der Waals surface area contributed by atoms with Gasteiger partial charge in [0, 0.05) is 16.6 Å². The van der Waals surface area contributed by atoms with Crippen LogP contribution >= 0.6 is 15.9 Å². The number of rotatable bonds is 6. The minimum Gasteiger partial charge on any atom is -0.382 e. The van der Waals surface area contributed by atoms with Crippen LogP contribution in [0.5, 0.6) is 0 Å². The number of nitrogen functional groups attached to an aromatic ring is 1. The molecule has 0 aliphatic carbocycles. The Kier molecular flexibility index (Phi) is 6.12. The number of benzene rings is 2. The molecule has 2 aromatic carbocycles. The Morgan fingerprint density at radius 1 is 1.29 bits per heavy atom. The van der Waals surface area contributed by atoms with Crippen molar-refractivity contribution >= 4 is 27.7 Å². The van der Waals surface area contributed by atoms with Gasteiger partial charge in [-0.25, -0.2) is 4.68 Å². The number of anilines is 1. The Labute approximate surface area is 172 Å². The minimum atomic E-state index is -0.111. The predicted molar refractivity (Wildman–Crippen MR) is 112 cm³/mol. The number of halogens is 1. The number of aryl methyl sites for hydroxylation is 2. The number of hydrogen-bond acceptors (Lipinski definition) is 4. The van der Waals surface area contributed by atoms with Gasteiger partial charge in [-0.1, -0.05) is 34.1 Å². The van der Waals surface area contributed by atoms with Crippen LogP contribution in [-0.4, -0.2) is 22.2 Å². The highest BCUT2D eigenvalue weighted by Gasteiger charge is 2.16. The summed E-state index contributed by atoms with van der Waals surface area (Å²) in [4.78, 5) is 12.3. The summed E-state index contributed by atoms with van der Waals surface area (Å²) in [6, 6.07) is 17.2. The molecule has 142 valence electrons. The molecule has 1 amide bonds. The van der Waals surface area contributed by atoms with E-state index in [1.807, 2.05) is 49.4 Å². The largest absolute Gasteiger partial charge is 0.382 e. The lowest BCUT2D eigenvalue weighted by Gasteiger charge is -2.07. The molecule has 1 aromatic heterocycles. The molecule has 0 saturated carbocycles. The summed E-state index contributed by atoms with van der Waals surface area (Å²) >= 11 is 3.40. The lowest BCUT2D eigenvalue weighted by Crippen LogP contribution is -2.25. The van der Waals surface area contributed by atoms with Gasteiger partial charge in [0.1, 0.15) is 17.5 Å². The molecule has 0 radical (unpaired) electrons. The topological polar surface area (TPSA) is 96.7 Å². The van der Waals surface area contributed by atoms with Gasteiger partial charge in [0.05, 0.1) is 11.4 Å². The fourth-order valence-electron chi connectivity index (χ4n) is 2.98.